The zero-order chi connectivity index (χ0) is 14.6. The number of carbonyl (C=O) groups excluding carboxylic acids is 1. The Hall–Kier alpha value is -0.570. The highest BCUT2D eigenvalue weighted by Gasteiger charge is 2.55. The maximum Gasteiger partial charge on any atom is 0.228 e. The van der Waals surface area contributed by atoms with Crippen molar-refractivity contribution >= 4 is 5.91 Å². The molecule has 0 aromatic heterocycles. The van der Waals surface area contributed by atoms with E-state index in [1.807, 2.05) is 0 Å². The summed E-state index contributed by atoms with van der Waals surface area (Å²) in [5, 5.41) is 0. The van der Waals surface area contributed by atoms with E-state index < -0.39 is 0 Å². The van der Waals surface area contributed by atoms with E-state index in [1.165, 1.54) is 38.5 Å². The van der Waals surface area contributed by atoms with E-state index in [-0.39, 0.29) is 5.41 Å². The molecule has 5 rings (SSSR count). The van der Waals surface area contributed by atoms with Crippen molar-refractivity contribution in [2.45, 2.75) is 57.4 Å². The van der Waals surface area contributed by atoms with Crippen LogP contribution in [0.3, 0.4) is 0 Å². The third-order valence-electron chi connectivity index (χ3n) is 6.97. The van der Waals surface area contributed by atoms with Crippen LogP contribution in [0.2, 0.25) is 0 Å². The molecule has 5 aliphatic rings. The van der Waals surface area contributed by atoms with Gasteiger partial charge in [0.15, 0.2) is 0 Å². The van der Waals surface area contributed by atoms with Crippen molar-refractivity contribution in [3.8, 4) is 0 Å². The summed E-state index contributed by atoms with van der Waals surface area (Å²) in [6.07, 6.45) is 10.2. The largest absolute Gasteiger partial charge is 0.342 e. The van der Waals surface area contributed by atoms with E-state index in [2.05, 4.69) is 23.9 Å². The maximum absolute atomic E-state index is 13.2. The molecule has 1 heterocycles. The molecule has 4 aliphatic carbocycles. The number of carbonyl (C=O) groups is 1. The van der Waals surface area contributed by atoms with Gasteiger partial charge in [0.2, 0.25) is 5.91 Å². The number of amides is 1. The third-order valence-corrected chi connectivity index (χ3v) is 6.97. The molecule has 3 nitrogen and oxygen atoms in total. The van der Waals surface area contributed by atoms with Crippen LogP contribution < -0.4 is 0 Å². The molecule has 5 fully saturated rings. The number of nitrogens with zero attached hydrogens (tertiary/aromatic N) is 2. The smallest absolute Gasteiger partial charge is 0.228 e. The summed E-state index contributed by atoms with van der Waals surface area (Å²) in [6, 6.07) is 0.672. The predicted molar refractivity (Wildman–Crippen MR) is 83.9 cm³/mol. The van der Waals surface area contributed by atoms with Crippen molar-refractivity contribution in [1.82, 2.24) is 9.80 Å². The normalized spacial score (nSPS) is 42.8. The number of rotatable bonds is 2. The van der Waals surface area contributed by atoms with E-state index in [1.54, 1.807) is 0 Å². The molecule has 0 unspecified atom stereocenters. The molecule has 0 radical (unpaired) electrons. The van der Waals surface area contributed by atoms with Crippen molar-refractivity contribution in [3.05, 3.63) is 0 Å². The van der Waals surface area contributed by atoms with Gasteiger partial charge in [0.05, 0.1) is 5.41 Å². The lowest BCUT2D eigenvalue weighted by molar-refractivity contribution is -0.159. The van der Waals surface area contributed by atoms with Gasteiger partial charge in [-0.05, 0) is 83.2 Å². The zero-order valence-electron chi connectivity index (χ0n) is 13.7. The fraction of sp³-hybridized carbons (Fsp3) is 0.944. The standard InChI is InChI=1S/C18H30N2O/c1-19(2)16-3-5-20(6-4-16)17(21)18-10-13-7-14(11-18)9-15(8-13)12-18/h13-16H,3-12H2,1-2H3. The lowest BCUT2D eigenvalue weighted by Crippen LogP contribution is -2.56. The first-order valence-corrected chi connectivity index (χ1v) is 9.01. The Kier molecular flexibility index (Phi) is 3.33. The van der Waals surface area contributed by atoms with Gasteiger partial charge in [0.1, 0.15) is 0 Å². The summed E-state index contributed by atoms with van der Waals surface area (Å²) in [5.41, 5.74) is 0.0691. The van der Waals surface area contributed by atoms with Gasteiger partial charge < -0.3 is 9.80 Å². The molecule has 1 saturated heterocycles. The quantitative estimate of drug-likeness (QED) is 0.781. The first kappa shape index (κ1) is 14.0. The minimum atomic E-state index is 0.0691. The van der Waals surface area contributed by atoms with E-state index in [0.29, 0.717) is 11.9 Å². The first-order valence-electron chi connectivity index (χ1n) is 9.01. The molecule has 0 N–H and O–H groups in total. The zero-order valence-corrected chi connectivity index (χ0v) is 13.7. The number of likely N-dealkylation sites (tertiary alicyclic amines) is 1. The fourth-order valence-corrected chi connectivity index (χ4v) is 6.29. The fourth-order valence-electron chi connectivity index (χ4n) is 6.29. The Bertz CT molecular complexity index is 388. The summed E-state index contributed by atoms with van der Waals surface area (Å²) < 4.78 is 0. The monoisotopic (exact) mass is 290 g/mol. The topological polar surface area (TPSA) is 23.6 Å². The Morgan fingerprint density at radius 2 is 1.43 bits per heavy atom. The molecule has 0 aromatic carbocycles. The van der Waals surface area contributed by atoms with Gasteiger partial charge in [0.25, 0.3) is 0 Å². The van der Waals surface area contributed by atoms with Crippen LogP contribution in [-0.2, 0) is 4.79 Å². The molecule has 0 aromatic rings. The first-order chi connectivity index (χ1) is 10.1. The molecule has 118 valence electrons. The molecule has 3 heteroatoms. The van der Waals surface area contributed by atoms with Crippen LogP contribution in [0.15, 0.2) is 0 Å². The van der Waals surface area contributed by atoms with E-state index in [9.17, 15) is 4.79 Å². The number of hydrogen-bond acceptors (Lipinski definition) is 2. The van der Waals surface area contributed by atoms with Gasteiger partial charge in [-0.1, -0.05) is 0 Å². The second-order valence-electron chi connectivity index (χ2n) is 8.68. The molecule has 1 amide bonds. The average molecular weight is 290 g/mol. The van der Waals surface area contributed by atoms with Gasteiger partial charge in [-0.25, -0.2) is 0 Å². The van der Waals surface area contributed by atoms with Crippen molar-refractivity contribution in [2.75, 3.05) is 27.2 Å². The van der Waals surface area contributed by atoms with Crippen LogP contribution in [0, 0.1) is 23.2 Å². The SMILES string of the molecule is CN(C)C1CCN(C(=O)C23CC4CC(CC(C4)C2)C3)CC1. The summed E-state index contributed by atoms with van der Waals surface area (Å²) in [5.74, 6) is 3.16. The van der Waals surface area contributed by atoms with Crippen LogP contribution in [-0.4, -0.2) is 48.9 Å². The van der Waals surface area contributed by atoms with Crippen molar-refractivity contribution in [3.63, 3.8) is 0 Å². The van der Waals surface area contributed by atoms with Crippen molar-refractivity contribution in [1.29, 1.82) is 0 Å². The minimum Gasteiger partial charge on any atom is -0.342 e. The number of piperidine rings is 1. The summed E-state index contributed by atoms with van der Waals surface area (Å²) in [6.45, 7) is 1.98. The van der Waals surface area contributed by atoms with Crippen molar-refractivity contribution in [2.24, 2.45) is 23.2 Å². The van der Waals surface area contributed by atoms with Gasteiger partial charge in [-0.3, -0.25) is 4.79 Å². The molecular formula is C18H30N2O. The summed E-state index contributed by atoms with van der Waals surface area (Å²) >= 11 is 0. The third kappa shape index (κ3) is 2.32. The Morgan fingerprint density at radius 3 is 1.86 bits per heavy atom. The molecule has 1 aliphatic heterocycles. The van der Waals surface area contributed by atoms with Crippen LogP contribution in [0.5, 0.6) is 0 Å². The summed E-state index contributed by atoms with van der Waals surface area (Å²) in [7, 11) is 4.34. The summed E-state index contributed by atoms with van der Waals surface area (Å²) in [4.78, 5) is 17.8. The highest BCUT2D eigenvalue weighted by molar-refractivity contribution is 5.83. The van der Waals surface area contributed by atoms with E-state index in [4.69, 9.17) is 0 Å². The molecule has 4 bridgehead atoms. The number of hydrogen-bond donors (Lipinski definition) is 0. The van der Waals surface area contributed by atoms with E-state index >= 15 is 0 Å². The molecular weight excluding hydrogens is 260 g/mol. The highest BCUT2D eigenvalue weighted by atomic mass is 16.2. The maximum atomic E-state index is 13.2. The molecule has 4 saturated carbocycles. The Morgan fingerprint density at radius 1 is 0.952 bits per heavy atom. The van der Waals surface area contributed by atoms with Crippen LogP contribution in [0.1, 0.15) is 51.4 Å². The molecule has 0 spiro atoms. The van der Waals surface area contributed by atoms with Gasteiger partial charge in [-0.2, -0.15) is 0 Å². The van der Waals surface area contributed by atoms with Crippen molar-refractivity contribution < 1.29 is 4.79 Å². The highest BCUT2D eigenvalue weighted by Crippen LogP contribution is 2.60. The Balaban J connectivity index is 1.46. The lowest BCUT2D eigenvalue weighted by atomic mass is 9.49. The minimum absolute atomic E-state index is 0.0691. The average Bonchev–Trinajstić information content (AvgIpc) is 2.45. The molecule has 0 atom stereocenters. The predicted octanol–water partition coefficient (Wildman–Crippen LogP) is 2.76. The second-order valence-corrected chi connectivity index (χ2v) is 8.68. The van der Waals surface area contributed by atoms with E-state index in [0.717, 1.165) is 43.7 Å². The van der Waals surface area contributed by atoms with Gasteiger partial charge >= 0.3 is 0 Å². The van der Waals surface area contributed by atoms with Crippen LogP contribution in [0.25, 0.3) is 0 Å². The van der Waals surface area contributed by atoms with Gasteiger partial charge in [0, 0.05) is 19.1 Å². The van der Waals surface area contributed by atoms with Crippen LogP contribution in [0.4, 0.5) is 0 Å². The van der Waals surface area contributed by atoms with Gasteiger partial charge in [-0.15, -0.1) is 0 Å². The second kappa shape index (κ2) is 4.97. The lowest BCUT2D eigenvalue weighted by Gasteiger charge is -2.57. The Labute approximate surface area is 129 Å². The molecule has 21 heavy (non-hydrogen) atoms. The van der Waals surface area contributed by atoms with Crippen LogP contribution >= 0.6 is 0 Å².